The molecule has 0 unspecified atom stereocenters. The molecule has 0 atom stereocenters. The number of nitrogens with zero attached hydrogens (tertiary/aromatic N) is 2. The van der Waals surface area contributed by atoms with Crippen LogP contribution in [0.3, 0.4) is 0 Å². The van der Waals surface area contributed by atoms with Crippen LogP contribution >= 0.6 is 11.8 Å². The van der Waals surface area contributed by atoms with Crippen LogP contribution < -0.4 is 10.9 Å². The van der Waals surface area contributed by atoms with Crippen LogP contribution in [0.4, 0.5) is 0 Å². The van der Waals surface area contributed by atoms with E-state index >= 15 is 0 Å². The van der Waals surface area contributed by atoms with Crippen LogP contribution in [0.5, 0.6) is 0 Å². The minimum Gasteiger partial charge on any atom is -0.351 e. The van der Waals surface area contributed by atoms with Gasteiger partial charge in [0.25, 0.3) is 5.56 Å². The van der Waals surface area contributed by atoms with E-state index in [4.69, 9.17) is 4.98 Å². The van der Waals surface area contributed by atoms with Crippen molar-refractivity contribution in [3.8, 4) is 11.3 Å². The highest BCUT2D eigenvalue weighted by molar-refractivity contribution is 7.99. The first-order valence-electron chi connectivity index (χ1n) is 11.7. The summed E-state index contributed by atoms with van der Waals surface area (Å²) in [6, 6.07) is 29.6. The molecule has 0 aliphatic rings. The zero-order chi connectivity index (χ0) is 24.9. The minimum atomic E-state index is -0.159. The maximum Gasteiger partial charge on any atom is 0.278 e. The maximum atomic E-state index is 13.6. The summed E-state index contributed by atoms with van der Waals surface area (Å²) in [4.78, 5) is 34.2. The lowest BCUT2D eigenvalue weighted by Gasteiger charge is -2.12. The molecule has 5 aromatic rings. The Morgan fingerprint density at radius 3 is 2.36 bits per heavy atom. The number of aryl methyl sites for hydroxylation is 1. The normalized spacial score (nSPS) is 11.0. The van der Waals surface area contributed by atoms with E-state index in [9.17, 15) is 9.59 Å². The van der Waals surface area contributed by atoms with Crippen molar-refractivity contribution in [3.05, 3.63) is 118 Å². The van der Waals surface area contributed by atoms with Gasteiger partial charge in [-0.2, -0.15) is 0 Å². The molecule has 0 aliphatic carbocycles. The summed E-state index contributed by atoms with van der Waals surface area (Å²) >= 11 is 1.27. The first kappa shape index (κ1) is 23.6. The molecule has 0 saturated carbocycles. The summed E-state index contributed by atoms with van der Waals surface area (Å²) in [5.74, 6) is 0.0504. The second kappa shape index (κ2) is 10.7. The number of benzene rings is 3. The van der Waals surface area contributed by atoms with Crippen molar-refractivity contribution >= 4 is 28.7 Å². The van der Waals surface area contributed by atoms with Crippen LogP contribution in [0.15, 0.2) is 101 Å². The van der Waals surface area contributed by atoms with Crippen LogP contribution in [0.2, 0.25) is 0 Å². The van der Waals surface area contributed by atoms with Crippen molar-refractivity contribution in [2.45, 2.75) is 25.2 Å². The summed E-state index contributed by atoms with van der Waals surface area (Å²) in [6.07, 6.45) is 0. The van der Waals surface area contributed by atoms with Crippen LogP contribution in [0, 0.1) is 6.92 Å². The molecule has 0 fully saturated rings. The fourth-order valence-corrected chi connectivity index (χ4v) is 4.79. The lowest BCUT2D eigenvalue weighted by atomic mass is 10.1. The molecule has 0 bridgehead atoms. The molecule has 180 valence electrons. The van der Waals surface area contributed by atoms with Gasteiger partial charge in [0.05, 0.1) is 17.8 Å². The highest BCUT2D eigenvalue weighted by Gasteiger charge is 2.16. The van der Waals surface area contributed by atoms with Crippen LogP contribution in [-0.4, -0.2) is 26.2 Å². The third kappa shape index (κ3) is 5.42. The molecule has 2 aromatic heterocycles. The van der Waals surface area contributed by atoms with E-state index in [0.717, 1.165) is 22.4 Å². The number of aromatic nitrogens is 3. The highest BCUT2D eigenvalue weighted by Crippen LogP contribution is 2.24. The molecule has 36 heavy (non-hydrogen) atoms. The molecule has 0 spiro atoms. The number of carbonyl (C=O) groups excluding carboxylic acids is 1. The van der Waals surface area contributed by atoms with Gasteiger partial charge in [-0.05, 0) is 29.7 Å². The topological polar surface area (TPSA) is 79.8 Å². The van der Waals surface area contributed by atoms with Crippen molar-refractivity contribution in [1.29, 1.82) is 0 Å². The van der Waals surface area contributed by atoms with Crippen molar-refractivity contribution in [3.63, 3.8) is 0 Å². The van der Waals surface area contributed by atoms with E-state index in [1.54, 1.807) is 4.57 Å². The molecule has 1 amide bonds. The lowest BCUT2D eigenvalue weighted by molar-refractivity contribution is -0.118. The zero-order valence-electron chi connectivity index (χ0n) is 19.9. The summed E-state index contributed by atoms with van der Waals surface area (Å²) in [7, 11) is 0. The van der Waals surface area contributed by atoms with Gasteiger partial charge >= 0.3 is 0 Å². The molecule has 2 N–H and O–H groups in total. The Kier molecular flexibility index (Phi) is 7.00. The Morgan fingerprint density at radius 2 is 1.64 bits per heavy atom. The fourth-order valence-electron chi connectivity index (χ4n) is 3.96. The van der Waals surface area contributed by atoms with Crippen molar-refractivity contribution < 1.29 is 4.79 Å². The molecule has 0 aliphatic heterocycles. The summed E-state index contributed by atoms with van der Waals surface area (Å²) in [5, 5.41) is 3.47. The van der Waals surface area contributed by atoms with E-state index in [0.29, 0.717) is 29.3 Å². The Hall–Kier alpha value is -4.10. The number of hydrogen-bond donors (Lipinski definition) is 2. The van der Waals surface area contributed by atoms with Crippen molar-refractivity contribution in [1.82, 2.24) is 19.9 Å². The summed E-state index contributed by atoms with van der Waals surface area (Å²) in [6.45, 7) is 2.86. The molecule has 0 saturated heterocycles. The Morgan fingerprint density at radius 1 is 0.944 bits per heavy atom. The summed E-state index contributed by atoms with van der Waals surface area (Å²) in [5.41, 5.74) is 5.91. The van der Waals surface area contributed by atoms with E-state index in [1.165, 1.54) is 17.3 Å². The van der Waals surface area contributed by atoms with Gasteiger partial charge in [-0.15, -0.1) is 0 Å². The van der Waals surface area contributed by atoms with Gasteiger partial charge in [-0.3, -0.25) is 14.2 Å². The first-order valence-corrected chi connectivity index (χ1v) is 12.7. The number of carbonyl (C=O) groups is 1. The van der Waals surface area contributed by atoms with E-state index in [2.05, 4.69) is 10.3 Å². The molecule has 0 radical (unpaired) electrons. The van der Waals surface area contributed by atoms with Crippen molar-refractivity contribution in [2.75, 3.05) is 5.75 Å². The van der Waals surface area contributed by atoms with Gasteiger partial charge in [0.15, 0.2) is 5.16 Å². The van der Waals surface area contributed by atoms with Crippen LogP contribution in [0.25, 0.3) is 22.3 Å². The Labute approximate surface area is 213 Å². The van der Waals surface area contributed by atoms with Crippen LogP contribution in [0.1, 0.15) is 16.7 Å². The third-order valence-corrected chi connectivity index (χ3v) is 6.89. The number of nitrogens with one attached hydrogen (secondary N) is 2. The van der Waals surface area contributed by atoms with E-state index in [-0.39, 0.29) is 17.2 Å². The number of hydrogen-bond acceptors (Lipinski definition) is 4. The number of rotatable bonds is 8. The van der Waals surface area contributed by atoms with Gasteiger partial charge in [0.2, 0.25) is 5.91 Å². The quantitative estimate of drug-likeness (QED) is 0.231. The number of amides is 1. The predicted octanol–water partition coefficient (Wildman–Crippen LogP) is 5.16. The smallest absolute Gasteiger partial charge is 0.278 e. The fraction of sp³-hybridized carbons (Fsp3) is 0.138. The van der Waals surface area contributed by atoms with Gasteiger partial charge in [-0.1, -0.05) is 102 Å². The van der Waals surface area contributed by atoms with Crippen molar-refractivity contribution in [2.24, 2.45) is 0 Å². The van der Waals surface area contributed by atoms with Crippen LogP contribution in [-0.2, 0) is 17.9 Å². The molecule has 3 aromatic carbocycles. The molecular weight excluding hydrogens is 468 g/mol. The molecule has 5 rings (SSSR count). The van der Waals surface area contributed by atoms with Gasteiger partial charge < -0.3 is 10.3 Å². The average molecular weight is 495 g/mol. The number of aromatic amines is 1. The largest absolute Gasteiger partial charge is 0.351 e. The lowest BCUT2D eigenvalue weighted by Crippen LogP contribution is -2.27. The monoisotopic (exact) mass is 494 g/mol. The standard InChI is InChI=1S/C29H26N4O2S/c1-20-12-14-21(15-13-20)17-30-26(34)19-36-29-32-25-16-24(23-10-6-3-7-11-23)31-27(25)28(35)33(29)18-22-8-4-2-5-9-22/h2-16,31H,17-19H2,1H3,(H,30,34). The maximum absolute atomic E-state index is 13.6. The third-order valence-electron chi connectivity index (χ3n) is 5.91. The SMILES string of the molecule is Cc1ccc(CNC(=O)CSc2nc3cc(-c4ccccc4)[nH]c3c(=O)n2Cc2ccccc2)cc1. The Bertz CT molecular complexity index is 1540. The van der Waals surface area contributed by atoms with E-state index < -0.39 is 0 Å². The Balaban J connectivity index is 1.41. The van der Waals surface area contributed by atoms with Gasteiger partial charge in [0.1, 0.15) is 5.52 Å². The number of fused-ring (bicyclic) bond motifs is 1. The number of thioether (sulfide) groups is 1. The molecule has 2 heterocycles. The molecular formula is C29H26N4O2S. The summed E-state index contributed by atoms with van der Waals surface area (Å²) < 4.78 is 1.64. The van der Waals surface area contributed by atoms with E-state index in [1.807, 2.05) is 97.9 Å². The minimum absolute atomic E-state index is 0.111. The highest BCUT2D eigenvalue weighted by atomic mass is 32.2. The predicted molar refractivity (Wildman–Crippen MR) is 145 cm³/mol. The van der Waals surface area contributed by atoms with Gasteiger partial charge in [0, 0.05) is 12.2 Å². The first-order chi connectivity index (χ1) is 17.6. The zero-order valence-corrected chi connectivity index (χ0v) is 20.7. The average Bonchev–Trinajstić information content (AvgIpc) is 3.35. The molecule has 6 nitrogen and oxygen atoms in total. The second-order valence-electron chi connectivity index (χ2n) is 8.63. The molecule has 7 heteroatoms. The van der Waals surface area contributed by atoms with Gasteiger partial charge in [-0.25, -0.2) is 4.98 Å². The number of H-pyrrole nitrogens is 1. The second-order valence-corrected chi connectivity index (χ2v) is 9.57.